The second-order valence-electron chi connectivity index (χ2n) is 17.8. The van der Waals surface area contributed by atoms with Gasteiger partial charge in [0, 0.05) is 47.7 Å². The third-order valence-corrected chi connectivity index (χ3v) is 12.9. The van der Waals surface area contributed by atoms with Gasteiger partial charge in [0.15, 0.2) is 0 Å². The highest BCUT2D eigenvalue weighted by atomic mass is 16.5. The molecule has 0 aliphatic carbocycles. The van der Waals surface area contributed by atoms with Crippen LogP contribution in [0.25, 0.3) is 44.7 Å². The maximum Gasteiger partial charge on any atom is 0.407 e. The zero-order valence-corrected chi connectivity index (χ0v) is 37.1. The maximum absolute atomic E-state index is 13.8. The summed E-state index contributed by atoms with van der Waals surface area (Å²) in [6.45, 7) is 10.3. The fourth-order valence-corrected chi connectivity index (χ4v) is 9.59. The molecule has 15 heteroatoms. The summed E-state index contributed by atoms with van der Waals surface area (Å²) in [4.78, 5) is 71.8. The van der Waals surface area contributed by atoms with Crippen molar-refractivity contribution in [3.05, 3.63) is 102 Å². The van der Waals surface area contributed by atoms with Crippen molar-refractivity contribution in [3.8, 4) is 39.5 Å². The number of fused-ring (bicyclic) bond motifs is 5. The van der Waals surface area contributed by atoms with E-state index >= 15 is 0 Å². The van der Waals surface area contributed by atoms with Crippen molar-refractivity contribution in [2.45, 2.75) is 90.7 Å². The van der Waals surface area contributed by atoms with Crippen molar-refractivity contribution in [2.24, 2.45) is 11.8 Å². The van der Waals surface area contributed by atoms with Crippen LogP contribution in [0.3, 0.4) is 0 Å². The molecule has 3 aliphatic heterocycles. The number of likely N-dealkylation sites (tertiary alicyclic amines) is 2. The van der Waals surface area contributed by atoms with Crippen molar-refractivity contribution in [1.29, 1.82) is 0 Å². The lowest BCUT2D eigenvalue weighted by Gasteiger charge is -2.30. The number of aromatic amines is 2. The van der Waals surface area contributed by atoms with Crippen LogP contribution < -0.4 is 15.4 Å². The first-order chi connectivity index (χ1) is 30.9. The van der Waals surface area contributed by atoms with Gasteiger partial charge in [0.05, 0.1) is 54.2 Å². The largest absolute Gasteiger partial charge is 0.465 e. The molecule has 3 aliphatic rings. The second-order valence-corrected chi connectivity index (χ2v) is 17.8. The predicted molar refractivity (Wildman–Crippen MR) is 242 cm³/mol. The molecular formula is C49H55N9O6. The first kappa shape index (κ1) is 42.4. The fourth-order valence-electron chi connectivity index (χ4n) is 9.59. The van der Waals surface area contributed by atoms with Crippen LogP contribution in [0.4, 0.5) is 4.79 Å². The van der Waals surface area contributed by atoms with Gasteiger partial charge in [-0.05, 0) is 67.9 Å². The Kier molecular flexibility index (Phi) is 11.5. The Bertz CT molecular complexity index is 2720. The van der Waals surface area contributed by atoms with Gasteiger partial charge < -0.3 is 44.4 Å². The zero-order valence-electron chi connectivity index (χ0n) is 37.1. The lowest BCUT2D eigenvalue weighted by Crippen LogP contribution is -2.51. The number of nitrogens with zero attached hydrogens (tertiary/aromatic N) is 5. The number of nitrogens with one attached hydrogen (secondary N) is 4. The maximum atomic E-state index is 13.8. The number of carbonyl (C=O) groups excluding carboxylic acids is 4. The molecule has 64 heavy (non-hydrogen) atoms. The molecule has 0 bridgehead atoms. The van der Waals surface area contributed by atoms with Crippen molar-refractivity contribution in [1.82, 2.24) is 44.9 Å². The quantitative estimate of drug-likeness (QED) is 0.102. The standard InChI is InChI=1S/C49H55N9O6/c1-27(2)42(52-29(5)59)46(60)56-20-10-14-38(56)45-51-26-36(54-45)32-16-18-34-40-23-33-22-31(17-19-37(33)58(40)48(64-41(34)24-32)30-12-8-7-9-13-30)35-25-50-44(53-35)39-15-11-21-57(39)47(61)43(28(3)4)55-49(62)63-6/h7-9,12-13,16-19,22-28,38-39,42-43,48H,10-11,14-15,20-21H2,1-6H3,(H,50,53)(H,51,54)(H,52,59)(H,55,62)/t38?,39-,42-,43-,48-/m0/s1. The molecule has 2 fully saturated rings. The summed E-state index contributed by atoms with van der Waals surface area (Å²) < 4.78 is 14.0. The summed E-state index contributed by atoms with van der Waals surface area (Å²) >= 11 is 0. The summed E-state index contributed by atoms with van der Waals surface area (Å²) in [6, 6.07) is 23.2. The van der Waals surface area contributed by atoms with Gasteiger partial charge in [0.2, 0.25) is 23.9 Å². The van der Waals surface area contributed by atoms with Crippen LogP contribution in [-0.4, -0.2) is 90.4 Å². The number of hydrogen-bond donors (Lipinski definition) is 4. The van der Waals surface area contributed by atoms with Gasteiger partial charge >= 0.3 is 6.09 Å². The molecular weight excluding hydrogens is 811 g/mol. The number of imidazole rings is 2. The molecule has 4 amide bonds. The number of hydrogen-bond acceptors (Lipinski definition) is 8. The molecule has 1 unspecified atom stereocenters. The SMILES string of the molecule is COC(=O)N[C@H](C(=O)N1CCC[C@H]1c1ncc(-c2ccc3c(c2)cc2n3[C@H](c3ccccc3)Oc3cc(-c4cnc(C5CCCN5C(=O)[C@@H](NC(C)=O)C(C)C)[nH]4)ccc3-2)[nH]1)C(C)C. The molecule has 6 heterocycles. The number of alkyl carbamates (subject to hydrolysis) is 1. The lowest BCUT2D eigenvalue weighted by molar-refractivity contribution is -0.138. The molecule has 6 aromatic rings. The molecule has 2 saturated heterocycles. The van der Waals surface area contributed by atoms with Gasteiger partial charge in [-0.25, -0.2) is 14.8 Å². The van der Waals surface area contributed by atoms with E-state index in [1.165, 1.54) is 14.0 Å². The van der Waals surface area contributed by atoms with Crippen LogP contribution >= 0.6 is 0 Å². The number of aromatic nitrogens is 5. The van der Waals surface area contributed by atoms with Gasteiger partial charge in [-0.3, -0.25) is 14.4 Å². The third-order valence-electron chi connectivity index (χ3n) is 12.9. The molecule has 332 valence electrons. The fraction of sp³-hybridized carbons (Fsp3) is 0.388. The van der Waals surface area contributed by atoms with E-state index in [0.717, 1.165) is 81.7 Å². The van der Waals surface area contributed by atoms with E-state index in [4.69, 9.17) is 19.4 Å². The Morgan fingerprint density at radius 2 is 1.33 bits per heavy atom. The summed E-state index contributed by atoms with van der Waals surface area (Å²) in [7, 11) is 1.29. The molecule has 5 atom stereocenters. The smallest absolute Gasteiger partial charge is 0.407 e. The Balaban J connectivity index is 1.01. The van der Waals surface area contributed by atoms with E-state index in [1.807, 2.05) is 68.1 Å². The van der Waals surface area contributed by atoms with Crippen molar-refractivity contribution < 1.29 is 28.7 Å². The topological polar surface area (TPSA) is 180 Å². The third kappa shape index (κ3) is 7.88. The Morgan fingerprint density at radius 1 is 0.750 bits per heavy atom. The minimum Gasteiger partial charge on any atom is -0.465 e. The number of rotatable bonds is 11. The Hall–Kier alpha value is -6.90. The minimum absolute atomic E-state index is 0.0538. The second kappa shape index (κ2) is 17.3. The van der Waals surface area contributed by atoms with Crippen molar-refractivity contribution in [2.75, 3.05) is 20.2 Å². The number of ether oxygens (including phenoxy) is 2. The van der Waals surface area contributed by atoms with Crippen molar-refractivity contribution >= 4 is 34.7 Å². The first-order valence-corrected chi connectivity index (χ1v) is 22.2. The Morgan fingerprint density at radius 3 is 1.91 bits per heavy atom. The first-order valence-electron chi connectivity index (χ1n) is 22.2. The van der Waals surface area contributed by atoms with Gasteiger partial charge in [0.1, 0.15) is 29.5 Å². The van der Waals surface area contributed by atoms with E-state index in [2.05, 4.69) is 79.8 Å². The summed E-state index contributed by atoms with van der Waals surface area (Å²) in [5.74, 6) is 1.52. The molecule has 3 aromatic heterocycles. The number of amides is 4. The molecule has 0 radical (unpaired) electrons. The highest BCUT2D eigenvalue weighted by Gasteiger charge is 2.39. The van der Waals surface area contributed by atoms with Crippen LogP contribution in [0, 0.1) is 11.8 Å². The molecule has 0 saturated carbocycles. The van der Waals surface area contributed by atoms with Crippen LogP contribution in [0.5, 0.6) is 5.75 Å². The zero-order chi connectivity index (χ0) is 44.8. The van der Waals surface area contributed by atoms with Crippen LogP contribution in [-0.2, 0) is 19.1 Å². The van der Waals surface area contributed by atoms with E-state index < -0.39 is 24.4 Å². The van der Waals surface area contributed by atoms with Gasteiger partial charge in [-0.15, -0.1) is 0 Å². The van der Waals surface area contributed by atoms with Crippen LogP contribution in [0.1, 0.15) is 95.8 Å². The minimum atomic E-state index is -0.711. The number of benzene rings is 3. The summed E-state index contributed by atoms with van der Waals surface area (Å²) in [5.41, 5.74) is 7.51. The average Bonchev–Trinajstić information content (AvgIpc) is 4.15. The molecule has 0 spiro atoms. The molecule has 15 nitrogen and oxygen atoms in total. The lowest BCUT2D eigenvalue weighted by atomic mass is 10.0. The molecule has 4 N–H and O–H groups in total. The van der Waals surface area contributed by atoms with Crippen molar-refractivity contribution in [3.63, 3.8) is 0 Å². The highest BCUT2D eigenvalue weighted by Crippen LogP contribution is 2.46. The van der Waals surface area contributed by atoms with Crippen LogP contribution in [0.15, 0.2) is 85.2 Å². The van der Waals surface area contributed by atoms with E-state index in [0.29, 0.717) is 24.7 Å². The van der Waals surface area contributed by atoms with Crippen LogP contribution in [0.2, 0.25) is 0 Å². The van der Waals surface area contributed by atoms with E-state index in [-0.39, 0.29) is 41.6 Å². The Labute approximate surface area is 371 Å². The molecule has 3 aromatic carbocycles. The predicted octanol–water partition coefficient (Wildman–Crippen LogP) is 7.90. The highest BCUT2D eigenvalue weighted by molar-refractivity contribution is 5.93. The van der Waals surface area contributed by atoms with Gasteiger partial charge in [-0.1, -0.05) is 70.2 Å². The van der Waals surface area contributed by atoms with E-state index in [9.17, 15) is 19.2 Å². The average molecular weight is 866 g/mol. The normalized spacial score (nSPS) is 19.0. The van der Waals surface area contributed by atoms with Gasteiger partial charge in [0.25, 0.3) is 0 Å². The summed E-state index contributed by atoms with van der Waals surface area (Å²) in [6.07, 6.45) is 5.78. The summed E-state index contributed by atoms with van der Waals surface area (Å²) in [5, 5.41) is 6.60. The number of H-pyrrole nitrogens is 2. The monoisotopic (exact) mass is 865 g/mol. The number of carbonyl (C=O) groups is 4. The number of methoxy groups -OCH3 is 1. The molecule has 9 rings (SSSR count). The van der Waals surface area contributed by atoms with Gasteiger partial charge in [-0.2, -0.15) is 0 Å². The van der Waals surface area contributed by atoms with E-state index in [1.54, 1.807) is 0 Å².